The Hall–Kier alpha value is -2.75. The lowest BCUT2D eigenvalue weighted by molar-refractivity contribution is 0.320. The molecule has 1 saturated carbocycles. The molecule has 4 heteroatoms. The number of ether oxygens (including phenoxy) is 1. The third kappa shape index (κ3) is 5.91. The molecular formula is C31H35F3O. The highest BCUT2D eigenvalue weighted by atomic mass is 19.2. The first-order valence-corrected chi connectivity index (χ1v) is 13.0. The van der Waals surface area contributed by atoms with E-state index in [1.165, 1.54) is 18.4 Å². The van der Waals surface area contributed by atoms with Crippen molar-refractivity contribution >= 4 is 0 Å². The molecule has 0 atom stereocenters. The molecule has 186 valence electrons. The number of hydrogen-bond donors (Lipinski definition) is 0. The zero-order chi connectivity index (χ0) is 24.8. The normalized spacial score (nSPS) is 18.0. The zero-order valence-electron chi connectivity index (χ0n) is 20.8. The Morgan fingerprint density at radius 3 is 2.14 bits per heavy atom. The van der Waals surface area contributed by atoms with Gasteiger partial charge in [-0.2, -0.15) is 0 Å². The maximum Gasteiger partial charge on any atom is 0.166 e. The van der Waals surface area contributed by atoms with Gasteiger partial charge in [0, 0.05) is 5.56 Å². The second-order valence-corrected chi connectivity index (χ2v) is 9.66. The van der Waals surface area contributed by atoms with Crippen LogP contribution in [-0.2, 0) is 6.42 Å². The molecule has 3 aromatic rings. The van der Waals surface area contributed by atoms with Crippen molar-refractivity contribution in [1.82, 2.24) is 0 Å². The number of hydrogen-bond acceptors (Lipinski definition) is 1. The molecule has 3 aromatic carbocycles. The summed E-state index contributed by atoms with van der Waals surface area (Å²) in [5, 5.41) is 0. The van der Waals surface area contributed by atoms with Crippen molar-refractivity contribution in [3.8, 4) is 16.9 Å². The monoisotopic (exact) mass is 480 g/mol. The van der Waals surface area contributed by atoms with Crippen LogP contribution < -0.4 is 4.74 Å². The number of rotatable bonds is 9. The van der Waals surface area contributed by atoms with Crippen LogP contribution in [0.5, 0.6) is 5.75 Å². The Balaban J connectivity index is 1.42. The summed E-state index contributed by atoms with van der Waals surface area (Å²) in [7, 11) is 0. The average Bonchev–Trinajstić information content (AvgIpc) is 2.88. The third-order valence-electron chi connectivity index (χ3n) is 7.34. The standard InChI is InChI=1S/C31H35F3O/c1-3-5-6-7-21-8-10-23(11-9-21)26-17-18-27(31(34)30(26)33)24-14-12-22(13-15-24)25-16-19-29(35-4-2)28(32)20-25/h8-11,16-20,22,24H,3-7,12-15H2,1-2H3. The first-order valence-electron chi connectivity index (χ1n) is 13.0. The van der Waals surface area contributed by atoms with Gasteiger partial charge in [-0.15, -0.1) is 0 Å². The number of halogens is 3. The second-order valence-electron chi connectivity index (χ2n) is 9.66. The molecule has 1 nitrogen and oxygen atoms in total. The number of benzene rings is 3. The molecule has 0 unspecified atom stereocenters. The van der Waals surface area contributed by atoms with E-state index in [1.54, 1.807) is 24.3 Å². The lowest BCUT2D eigenvalue weighted by atomic mass is 9.76. The molecule has 0 spiro atoms. The molecule has 1 aliphatic rings. The second kappa shape index (κ2) is 11.8. The fraction of sp³-hybridized carbons (Fsp3) is 0.419. The third-order valence-corrected chi connectivity index (χ3v) is 7.34. The van der Waals surface area contributed by atoms with Crippen molar-refractivity contribution in [2.24, 2.45) is 0 Å². The summed E-state index contributed by atoms with van der Waals surface area (Å²) in [6.07, 6.45) is 7.67. The van der Waals surface area contributed by atoms with Crippen LogP contribution in [0, 0.1) is 17.5 Å². The lowest BCUT2D eigenvalue weighted by Crippen LogP contribution is -2.14. The molecule has 35 heavy (non-hydrogen) atoms. The van der Waals surface area contributed by atoms with Crippen LogP contribution in [0.1, 0.15) is 87.3 Å². The molecule has 1 aliphatic carbocycles. The molecular weight excluding hydrogens is 445 g/mol. The molecule has 0 bridgehead atoms. The minimum atomic E-state index is -0.767. The van der Waals surface area contributed by atoms with Crippen molar-refractivity contribution in [3.63, 3.8) is 0 Å². The van der Waals surface area contributed by atoms with Crippen LogP contribution >= 0.6 is 0 Å². The van der Waals surface area contributed by atoms with Crippen molar-refractivity contribution in [3.05, 3.63) is 88.7 Å². The minimum Gasteiger partial charge on any atom is -0.491 e. The van der Waals surface area contributed by atoms with E-state index in [4.69, 9.17) is 4.74 Å². The fourth-order valence-corrected chi connectivity index (χ4v) is 5.31. The van der Waals surface area contributed by atoms with E-state index in [2.05, 4.69) is 6.92 Å². The molecule has 0 radical (unpaired) electrons. The van der Waals surface area contributed by atoms with E-state index in [9.17, 15) is 4.39 Å². The topological polar surface area (TPSA) is 9.23 Å². The Morgan fingerprint density at radius 2 is 1.49 bits per heavy atom. The smallest absolute Gasteiger partial charge is 0.166 e. The van der Waals surface area contributed by atoms with Crippen molar-refractivity contribution in [2.45, 2.75) is 77.0 Å². The van der Waals surface area contributed by atoms with Crippen LogP contribution in [-0.4, -0.2) is 6.61 Å². The predicted octanol–water partition coefficient (Wildman–Crippen LogP) is 9.34. The summed E-state index contributed by atoms with van der Waals surface area (Å²) >= 11 is 0. The zero-order valence-corrected chi connectivity index (χ0v) is 20.8. The van der Waals surface area contributed by atoms with E-state index in [1.807, 2.05) is 37.3 Å². The van der Waals surface area contributed by atoms with Crippen LogP contribution in [0.4, 0.5) is 13.2 Å². The summed E-state index contributed by atoms with van der Waals surface area (Å²) in [4.78, 5) is 0. The van der Waals surface area contributed by atoms with E-state index in [0.29, 0.717) is 23.3 Å². The average molecular weight is 481 g/mol. The van der Waals surface area contributed by atoms with Gasteiger partial charge in [0.2, 0.25) is 0 Å². The summed E-state index contributed by atoms with van der Waals surface area (Å²) < 4.78 is 49.9. The quantitative estimate of drug-likeness (QED) is 0.277. The fourth-order valence-electron chi connectivity index (χ4n) is 5.31. The van der Waals surface area contributed by atoms with Gasteiger partial charge in [-0.1, -0.05) is 62.2 Å². The largest absolute Gasteiger partial charge is 0.491 e. The van der Waals surface area contributed by atoms with E-state index < -0.39 is 11.6 Å². The summed E-state index contributed by atoms with van der Waals surface area (Å²) in [5.41, 5.74) is 3.64. The van der Waals surface area contributed by atoms with Gasteiger partial charge in [0.25, 0.3) is 0 Å². The SMILES string of the molecule is CCCCCc1ccc(-c2ccc(C3CCC(c4ccc(OCC)c(F)c4)CC3)c(F)c2F)cc1. The first-order chi connectivity index (χ1) is 17.0. The van der Waals surface area contributed by atoms with Gasteiger partial charge in [0.1, 0.15) is 0 Å². The molecule has 4 rings (SSSR count). The number of unbranched alkanes of at least 4 members (excludes halogenated alkanes) is 2. The molecule has 0 amide bonds. The Morgan fingerprint density at radius 1 is 0.771 bits per heavy atom. The van der Waals surface area contributed by atoms with Gasteiger partial charge in [-0.25, -0.2) is 13.2 Å². The molecule has 1 fully saturated rings. The van der Waals surface area contributed by atoms with E-state index in [-0.39, 0.29) is 23.4 Å². The summed E-state index contributed by atoms with van der Waals surface area (Å²) in [5.74, 6) is -1.37. The molecule has 0 saturated heterocycles. The van der Waals surface area contributed by atoms with Crippen LogP contribution in [0.3, 0.4) is 0 Å². The maximum absolute atomic E-state index is 15.2. The first kappa shape index (κ1) is 25.3. The molecule has 0 heterocycles. The molecule has 0 aliphatic heterocycles. The summed E-state index contributed by atoms with van der Waals surface area (Å²) in [6.45, 7) is 4.43. The predicted molar refractivity (Wildman–Crippen MR) is 137 cm³/mol. The van der Waals surface area contributed by atoms with Gasteiger partial charge >= 0.3 is 0 Å². The molecule has 0 N–H and O–H groups in total. The maximum atomic E-state index is 15.2. The van der Waals surface area contributed by atoms with Crippen LogP contribution in [0.2, 0.25) is 0 Å². The van der Waals surface area contributed by atoms with E-state index in [0.717, 1.165) is 44.1 Å². The van der Waals surface area contributed by atoms with Crippen LogP contribution in [0.15, 0.2) is 54.6 Å². The van der Waals surface area contributed by atoms with Crippen molar-refractivity contribution < 1.29 is 17.9 Å². The van der Waals surface area contributed by atoms with E-state index >= 15 is 8.78 Å². The van der Waals surface area contributed by atoms with Gasteiger partial charge in [-0.3, -0.25) is 0 Å². The van der Waals surface area contributed by atoms with Gasteiger partial charge < -0.3 is 4.74 Å². The Bertz CT molecular complexity index is 1110. The van der Waals surface area contributed by atoms with Gasteiger partial charge in [-0.05, 0) is 91.7 Å². The molecule has 0 aromatic heterocycles. The highest BCUT2D eigenvalue weighted by Gasteiger charge is 2.27. The van der Waals surface area contributed by atoms with Crippen molar-refractivity contribution in [2.75, 3.05) is 6.61 Å². The Kier molecular flexibility index (Phi) is 8.54. The Labute approximate surface area is 207 Å². The highest BCUT2D eigenvalue weighted by Crippen LogP contribution is 2.43. The van der Waals surface area contributed by atoms with Crippen LogP contribution in [0.25, 0.3) is 11.1 Å². The highest BCUT2D eigenvalue weighted by molar-refractivity contribution is 5.65. The van der Waals surface area contributed by atoms with Crippen molar-refractivity contribution in [1.29, 1.82) is 0 Å². The lowest BCUT2D eigenvalue weighted by Gasteiger charge is -2.29. The minimum absolute atomic E-state index is 0.0247. The van der Waals surface area contributed by atoms with Gasteiger partial charge in [0.15, 0.2) is 23.2 Å². The van der Waals surface area contributed by atoms with Gasteiger partial charge in [0.05, 0.1) is 6.61 Å². The number of aryl methyl sites for hydroxylation is 1. The summed E-state index contributed by atoms with van der Waals surface area (Å²) in [6, 6.07) is 16.4.